The first-order chi connectivity index (χ1) is 8.81. The van der Waals surface area contributed by atoms with Crippen LogP contribution in [0.1, 0.15) is 31.9 Å². The molecular weight excluding hydrogens is 260 g/mol. The summed E-state index contributed by atoms with van der Waals surface area (Å²) in [6.45, 7) is 7.59. The van der Waals surface area contributed by atoms with Crippen LogP contribution in [-0.2, 0) is 10.0 Å². The molecular formula is C14H18N2O2S. The second-order valence-electron chi connectivity index (χ2n) is 5.00. The van der Waals surface area contributed by atoms with Crippen LogP contribution < -0.4 is 4.72 Å². The van der Waals surface area contributed by atoms with E-state index >= 15 is 0 Å². The molecule has 2 rings (SSSR count). The minimum atomic E-state index is -3.50. The van der Waals surface area contributed by atoms with Crippen molar-refractivity contribution in [2.75, 3.05) is 0 Å². The van der Waals surface area contributed by atoms with Crippen LogP contribution in [0, 0.1) is 6.92 Å². The summed E-state index contributed by atoms with van der Waals surface area (Å²) in [6, 6.07) is 7.51. The number of hydrogen-bond donors (Lipinski definition) is 1. The maximum Gasteiger partial charge on any atom is 0.264 e. The van der Waals surface area contributed by atoms with Crippen LogP contribution >= 0.6 is 0 Å². The zero-order valence-corrected chi connectivity index (χ0v) is 12.4. The molecule has 0 radical (unpaired) electrons. The van der Waals surface area contributed by atoms with E-state index in [-0.39, 0.29) is 6.04 Å². The third-order valence-corrected chi connectivity index (χ3v) is 4.44. The van der Waals surface area contributed by atoms with Gasteiger partial charge in [-0.25, -0.2) is 8.42 Å². The standard InChI is InChI=1S/C14H18N2O2S/c1-9(2)15-14-11(4)13(19(17,18)16-14)12-7-5-10(3)6-8-12/h5-9H,1-4H3,(H,15,16). The van der Waals surface area contributed by atoms with E-state index in [2.05, 4.69) is 9.71 Å². The van der Waals surface area contributed by atoms with Crippen LogP contribution in [0.2, 0.25) is 0 Å². The Morgan fingerprint density at radius 2 is 1.68 bits per heavy atom. The van der Waals surface area contributed by atoms with E-state index in [0.717, 1.165) is 5.56 Å². The van der Waals surface area contributed by atoms with Crippen LogP contribution in [0.3, 0.4) is 0 Å². The fourth-order valence-corrected chi connectivity index (χ4v) is 3.53. The molecule has 0 fully saturated rings. The number of nitrogens with one attached hydrogen (secondary N) is 1. The van der Waals surface area contributed by atoms with Crippen LogP contribution in [0.15, 0.2) is 34.8 Å². The van der Waals surface area contributed by atoms with Crippen molar-refractivity contribution < 1.29 is 8.42 Å². The van der Waals surface area contributed by atoms with Gasteiger partial charge in [-0.15, -0.1) is 0 Å². The lowest BCUT2D eigenvalue weighted by molar-refractivity contribution is 0.603. The first kappa shape index (κ1) is 13.8. The van der Waals surface area contributed by atoms with Gasteiger partial charge < -0.3 is 0 Å². The predicted octanol–water partition coefficient (Wildman–Crippen LogP) is 2.47. The summed E-state index contributed by atoms with van der Waals surface area (Å²) in [5.41, 5.74) is 2.48. The highest BCUT2D eigenvalue weighted by Gasteiger charge is 2.32. The van der Waals surface area contributed by atoms with Gasteiger partial charge in [-0.05, 0) is 33.3 Å². The molecule has 0 aromatic heterocycles. The molecule has 0 saturated heterocycles. The fourth-order valence-electron chi connectivity index (χ4n) is 2.02. The van der Waals surface area contributed by atoms with Gasteiger partial charge in [0.1, 0.15) is 10.7 Å². The molecule has 0 atom stereocenters. The summed E-state index contributed by atoms with van der Waals surface area (Å²) in [4.78, 5) is 4.64. The van der Waals surface area contributed by atoms with Crippen molar-refractivity contribution in [1.82, 2.24) is 4.72 Å². The summed E-state index contributed by atoms with van der Waals surface area (Å²) in [5.74, 6) is 0.450. The van der Waals surface area contributed by atoms with Crippen LogP contribution in [0.5, 0.6) is 0 Å². The van der Waals surface area contributed by atoms with E-state index in [0.29, 0.717) is 21.9 Å². The normalized spacial score (nSPS) is 20.2. The second kappa shape index (κ2) is 4.81. The van der Waals surface area contributed by atoms with Crippen molar-refractivity contribution in [2.24, 2.45) is 4.99 Å². The Morgan fingerprint density at radius 3 is 2.21 bits per heavy atom. The van der Waals surface area contributed by atoms with Crippen LogP contribution in [0.25, 0.3) is 4.91 Å². The van der Waals surface area contributed by atoms with Crippen molar-refractivity contribution in [3.63, 3.8) is 0 Å². The van der Waals surface area contributed by atoms with Crippen molar-refractivity contribution in [3.8, 4) is 0 Å². The number of aliphatic imine (C=N–C) groups is 1. The number of amidine groups is 1. The maximum absolute atomic E-state index is 12.2. The number of sulfonamides is 1. The third kappa shape index (κ3) is 2.71. The molecule has 1 aliphatic rings. The molecule has 1 heterocycles. The second-order valence-corrected chi connectivity index (χ2v) is 6.62. The zero-order chi connectivity index (χ0) is 14.2. The molecule has 0 bridgehead atoms. The fraction of sp³-hybridized carbons (Fsp3) is 0.357. The Morgan fingerprint density at radius 1 is 1.11 bits per heavy atom. The zero-order valence-electron chi connectivity index (χ0n) is 11.6. The summed E-state index contributed by atoms with van der Waals surface area (Å²) in [7, 11) is -3.50. The Hall–Kier alpha value is -1.62. The molecule has 1 aliphatic heterocycles. The van der Waals surface area contributed by atoms with E-state index in [4.69, 9.17) is 0 Å². The van der Waals surface area contributed by atoms with Crippen LogP contribution in [-0.4, -0.2) is 20.3 Å². The number of hydrogen-bond acceptors (Lipinski definition) is 3. The van der Waals surface area contributed by atoms with Gasteiger partial charge >= 0.3 is 0 Å². The molecule has 4 nitrogen and oxygen atoms in total. The van der Waals surface area contributed by atoms with Gasteiger partial charge in [0, 0.05) is 11.6 Å². The smallest absolute Gasteiger partial charge is 0.264 e. The van der Waals surface area contributed by atoms with Crippen molar-refractivity contribution in [3.05, 3.63) is 41.0 Å². The number of rotatable bonds is 2. The highest BCUT2D eigenvalue weighted by molar-refractivity contribution is 8.00. The van der Waals surface area contributed by atoms with Gasteiger partial charge in [0.2, 0.25) is 0 Å². The first-order valence-electron chi connectivity index (χ1n) is 6.20. The van der Waals surface area contributed by atoms with E-state index < -0.39 is 10.0 Å². The average Bonchev–Trinajstić information content (AvgIpc) is 2.50. The molecule has 0 amide bonds. The molecule has 102 valence electrons. The Kier molecular flexibility index (Phi) is 3.49. The van der Waals surface area contributed by atoms with Gasteiger partial charge in [-0.1, -0.05) is 29.8 Å². The van der Waals surface area contributed by atoms with Gasteiger partial charge in [-0.2, -0.15) is 0 Å². The molecule has 0 saturated carbocycles. The van der Waals surface area contributed by atoms with Crippen molar-refractivity contribution >= 4 is 20.8 Å². The summed E-state index contributed by atoms with van der Waals surface area (Å²) >= 11 is 0. The van der Waals surface area contributed by atoms with Crippen molar-refractivity contribution in [2.45, 2.75) is 33.7 Å². The molecule has 1 N–H and O–H groups in total. The highest BCUT2D eigenvalue weighted by Crippen LogP contribution is 2.30. The molecule has 19 heavy (non-hydrogen) atoms. The van der Waals surface area contributed by atoms with E-state index in [1.165, 1.54) is 0 Å². The maximum atomic E-state index is 12.2. The Labute approximate surface area is 114 Å². The minimum Gasteiger partial charge on any atom is -0.265 e. The average molecular weight is 278 g/mol. The van der Waals surface area contributed by atoms with E-state index in [1.54, 1.807) is 6.92 Å². The molecule has 0 aliphatic carbocycles. The molecule has 5 heteroatoms. The lowest BCUT2D eigenvalue weighted by Crippen LogP contribution is -2.24. The van der Waals surface area contributed by atoms with Gasteiger partial charge in [0.25, 0.3) is 10.0 Å². The van der Waals surface area contributed by atoms with Gasteiger partial charge in [0.15, 0.2) is 0 Å². The number of aryl methyl sites for hydroxylation is 1. The van der Waals surface area contributed by atoms with Gasteiger partial charge in [0.05, 0.1) is 0 Å². The number of nitrogens with zero attached hydrogens (tertiary/aromatic N) is 1. The minimum absolute atomic E-state index is 0.0463. The summed E-state index contributed by atoms with van der Waals surface area (Å²) in [6.07, 6.45) is 0. The van der Waals surface area contributed by atoms with Crippen LogP contribution in [0.4, 0.5) is 0 Å². The lowest BCUT2D eigenvalue weighted by Gasteiger charge is -2.03. The van der Waals surface area contributed by atoms with Gasteiger partial charge in [-0.3, -0.25) is 9.71 Å². The topological polar surface area (TPSA) is 58.5 Å². The highest BCUT2D eigenvalue weighted by atomic mass is 32.2. The van der Waals surface area contributed by atoms with E-state index in [9.17, 15) is 8.42 Å². The number of benzene rings is 1. The Balaban J connectivity index is 2.58. The largest absolute Gasteiger partial charge is 0.265 e. The quantitative estimate of drug-likeness (QED) is 0.903. The molecule has 0 spiro atoms. The van der Waals surface area contributed by atoms with E-state index in [1.807, 2.05) is 45.0 Å². The predicted molar refractivity (Wildman–Crippen MR) is 78.4 cm³/mol. The SMILES string of the molecule is CC1=C(c2ccc(C)cc2)S(=O)(=O)NC1=NC(C)C. The summed E-state index contributed by atoms with van der Waals surface area (Å²) < 4.78 is 26.9. The molecule has 1 aromatic carbocycles. The molecule has 0 unspecified atom stereocenters. The third-order valence-electron chi connectivity index (χ3n) is 2.90. The first-order valence-corrected chi connectivity index (χ1v) is 7.68. The lowest BCUT2D eigenvalue weighted by atomic mass is 10.1. The monoisotopic (exact) mass is 278 g/mol. The summed E-state index contributed by atoms with van der Waals surface area (Å²) in [5, 5.41) is 0. The van der Waals surface area contributed by atoms with Crippen molar-refractivity contribution in [1.29, 1.82) is 0 Å². The molecule has 1 aromatic rings. The Bertz CT molecular complexity index is 653.